The van der Waals surface area contributed by atoms with Crippen LogP contribution >= 0.6 is 11.6 Å². The third kappa shape index (κ3) is 5.17. The van der Waals surface area contributed by atoms with Gasteiger partial charge in [-0.25, -0.2) is 4.79 Å². The van der Waals surface area contributed by atoms with Crippen molar-refractivity contribution in [2.45, 2.75) is 37.3 Å². The Kier molecular flexibility index (Phi) is 6.99. The highest BCUT2D eigenvalue weighted by Crippen LogP contribution is 2.56. The molecule has 3 aromatic rings. The summed E-state index contributed by atoms with van der Waals surface area (Å²) in [6.45, 7) is 2.05. The molecule has 1 aliphatic heterocycles. The number of amides is 1. The summed E-state index contributed by atoms with van der Waals surface area (Å²) >= 11 is 6.15. The maximum Gasteiger partial charge on any atom is 0.347 e. The van der Waals surface area contributed by atoms with E-state index in [0.29, 0.717) is 28.6 Å². The summed E-state index contributed by atoms with van der Waals surface area (Å²) in [4.78, 5) is 32.0. The van der Waals surface area contributed by atoms with Crippen molar-refractivity contribution in [3.63, 3.8) is 0 Å². The highest BCUT2D eigenvalue weighted by atomic mass is 35.5. The van der Waals surface area contributed by atoms with E-state index in [4.69, 9.17) is 26.3 Å². The molecule has 2 N–H and O–H groups in total. The number of ether oxygens (including phenoxy) is 1. The summed E-state index contributed by atoms with van der Waals surface area (Å²) in [5.74, 6) is -0.648. The predicted octanol–water partition coefficient (Wildman–Crippen LogP) is 5.40. The number of carbonyl (C=O) groups is 2. The molecule has 3 aromatic carbocycles. The number of carboxylic acid groups (broad SMARTS) is 1. The zero-order valence-electron chi connectivity index (χ0n) is 21.1. The van der Waals surface area contributed by atoms with E-state index in [9.17, 15) is 9.59 Å². The molecule has 1 fully saturated rings. The number of benzene rings is 3. The number of fused-ring (bicyclic) bond motifs is 2. The van der Waals surface area contributed by atoms with Crippen molar-refractivity contribution >= 4 is 41.1 Å². The average Bonchev–Trinajstić information content (AvgIpc) is 3.63. The molecule has 196 valence electrons. The minimum Gasteiger partial charge on any atom is -0.497 e. The van der Waals surface area contributed by atoms with Gasteiger partial charge in [-0.3, -0.25) is 4.79 Å². The Balaban J connectivity index is 1.46. The number of hydrogen-bond acceptors (Lipinski definition) is 6. The number of nitrogens with one attached hydrogen (secondary N) is 1. The van der Waals surface area contributed by atoms with Crippen LogP contribution in [0.15, 0.2) is 71.9 Å². The van der Waals surface area contributed by atoms with Crippen molar-refractivity contribution in [1.29, 1.82) is 0 Å². The van der Waals surface area contributed by atoms with Crippen molar-refractivity contribution in [2.75, 3.05) is 23.9 Å². The second-order valence-electron chi connectivity index (χ2n) is 9.67. The van der Waals surface area contributed by atoms with Gasteiger partial charge in [0.2, 0.25) is 6.10 Å². The smallest absolute Gasteiger partial charge is 0.347 e. The van der Waals surface area contributed by atoms with Gasteiger partial charge < -0.3 is 24.9 Å². The minimum atomic E-state index is -1.11. The Hall–Kier alpha value is -4.04. The lowest BCUT2D eigenvalue weighted by Crippen LogP contribution is -2.38. The molecule has 1 heterocycles. The first-order chi connectivity index (χ1) is 18.3. The van der Waals surface area contributed by atoms with Crippen molar-refractivity contribution < 1.29 is 24.3 Å². The van der Waals surface area contributed by atoms with Crippen LogP contribution < -0.4 is 15.0 Å². The van der Waals surface area contributed by atoms with Gasteiger partial charge in [0.15, 0.2) is 0 Å². The Morgan fingerprint density at radius 1 is 1.13 bits per heavy atom. The molecule has 1 aliphatic carbocycles. The number of carbonyl (C=O) groups excluding carboxylic acids is 1. The topological polar surface area (TPSA) is 100 Å². The van der Waals surface area contributed by atoms with Crippen LogP contribution in [0.2, 0.25) is 5.02 Å². The van der Waals surface area contributed by atoms with E-state index in [1.165, 1.54) is 18.7 Å². The lowest BCUT2D eigenvalue weighted by molar-refractivity contribution is -0.149. The quantitative estimate of drug-likeness (QED) is 0.282. The van der Waals surface area contributed by atoms with Crippen molar-refractivity contribution in [3.05, 3.63) is 88.4 Å². The number of halogens is 1. The van der Waals surface area contributed by atoms with Crippen LogP contribution in [-0.4, -0.2) is 43.0 Å². The highest BCUT2D eigenvalue weighted by molar-refractivity contribution is 6.30. The first-order valence-electron chi connectivity index (χ1n) is 12.3. The second kappa shape index (κ2) is 10.4. The zero-order chi connectivity index (χ0) is 26.9. The molecule has 38 heavy (non-hydrogen) atoms. The van der Waals surface area contributed by atoms with Crippen molar-refractivity contribution in [2.24, 2.45) is 5.16 Å². The van der Waals surface area contributed by atoms with Gasteiger partial charge in [-0.15, -0.1) is 0 Å². The van der Waals surface area contributed by atoms with Crippen LogP contribution in [0.4, 0.5) is 11.4 Å². The molecule has 9 heteroatoms. The van der Waals surface area contributed by atoms with Gasteiger partial charge in [0.25, 0.3) is 5.91 Å². The van der Waals surface area contributed by atoms with E-state index in [1.807, 2.05) is 35.2 Å². The molecule has 0 radical (unpaired) electrons. The van der Waals surface area contributed by atoms with Gasteiger partial charge in [-0.2, -0.15) is 0 Å². The summed E-state index contributed by atoms with van der Waals surface area (Å²) in [6, 6.07) is 20.0. The molecular formula is C29H28ClN3O5. The van der Waals surface area contributed by atoms with Crippen LogP contribution in [0, 0.1) is 0 Å². The molecule has 0 aromatic heterocycles. The first kappa shape index (κ1) is 25.6. The number of rotatable bonds is 9. The van der Waals surface area contributed by atoms with E-state index < -0.39 is 18.1 Å². The largest absolute Gasteiger partial charge is 0.497 e. The number of oxime groups is 1. The third-order valence-corrected chi connectivity index (χ3v) is 7.29. The summed E-state index contributed by atoms with van der Waals surface area (Å²) < 4.78 is 5.46. The number of carboxylic acids is 1. The predicted molar refractivity (Wildman–Crippen MR) is 146 cm³/mol. The first-order valence-corrected chi connectivity index (χ1v) is 12.7. The Morgan fingerprint density at radius 3 is 2.55 bits per heavy atom. The summed E-state index contributed by atoms with van der Waals surface area (Å²) in [5.41, 5.74) is 4.25. The second-order valence-corrected chi connectivity index (χ2v) is 10.1. The number of anilines is 2. The van der Waals surface area contributed by atoms with Crippen LogP contribution in [-0.2, 0) is 19.8 Å². The van der Waals surface area contributed by atoms with Crippen molar-refractivity contribution in [1.82, 2.24) is 0 Å². The molecule has 8 nitrogen and oxygen atoms in total. The van der Waals surface area contributed by atoms with Gasteiger partial charge in [0.05, 0.1) is 13.3 Å². The molecule has 1 spiro atoms. The molecule has 0 saturated heterocycles. The number of nitrogens with zero attached hydrogens (tertiary/aromatic N) is 2. The number of aliphatic carboxylic acids is 1. The molecule has 2 aliphatic rings. The molecule has 2 unspecified atom stereocenters. The monoisotopic (exact) mass is 533 g/mol. The normalized spacial score (nSPS) is 16.7. The number of para-hydroxylation sites is 1. The molecule has 1 saturated carbocycles. The van der Waals surface area contributed by atoms with Gasteiger partial charge >= 0.3 is 5.97 Å². The van der Waals surface area contributed by atoms with E-state index in [1.54, 1.807) is 37.4 Å². The SMILES string of the molecule is COc1cc(/C=N/OC(C)C(=O)O)cc(NC(C(=O)N2CC3(CC3)c3ccccc32)c2ccc(Cl)cc2)c1. The van der Waals surface area contributed by atoms with Gasteiger partial charge in [0, 0.05) is 40.0 Å². The van der Waals surface area contributed by atoms with E-state index in [-0.39, 0.29) is 11.3 Å². The standard InChI is InChI=1S/C29H28ClN3O5/c1-18(28(35)36)38-31-16-19-13-22(15-23(14-19)37-2)32-26(20-7-9-21(30)10-8-20)27(34)33-17-29(11-12-29)24-5-3-4-6-25(24)33/h3-10,13-16,18,26,32H,11-12,17H2,1-2H3,(H,35,36)/b31-16+. The van der Waals surface area contributed by atoms with E-state index >= 15 is 0 Å². The molecule has 0 bridgehead atoms. The third-order valence-electron chi connectivity index (χ3n) is 7.04. The van der Waals surface area contributed by atoms with Crippen LogP contribution in [0.25, 0.3) is 0 Å². The van der Waals surface area contributed by atoms with E-state index in [2.05, 4.69) is 16.5 Å². The van der Waals surface area contributed by atoms with Gasteiger partial charge in [-0.1, -0.05) is 47.1 Å². The number of methoxy groups -OCH3 is 1. The average molecular weight is 534 g/mol. The Labute approximate surface area is 225 Å². The van der Waals surface area contributed by atoms with Crippen LogP contribution in [0.3, 0.4) is 0 Å². The van der Waals surface area contributed by atoms with Gasteiger partial charge in [-0.05, 0) is 61.2 Å². The lowest BCUT2D eigenvalue weighted by Gasteiger charge is -2.26. The van der Waals surface area contributed by atoms with Gasteiger partial charge in [0.1, 0.15) is 11.8 Å². The minimum absolute atomic E-state index is 0.0590. The van der Waals surface area contributed by atoms with Crippen LogP contribution in [0.5, 0.6) is 5.75 Å². The maximum absolute atomic E-state index is 14.2. The summed E-state index contributed by atoms with van der Waals surface area (Å²) in [5, 5.41) is 16.8. The van der Waals surface area contributed by atoms with Crippen molar-refractivity contribution in [3.8, 4) is 5.75 Å². The number of hydrogen-bond donors (Lipinski definition) is 2. The summed E-state index contributed by atoms with van der Waals surface area (Å²) in [6.07, 6.45) is 2.47. The molecule has 5 rings (SSSR count). The lowest BCUT2D eigenvalue weighted by atomic mass is 9.99. The Morgan fingerprint density at radius 2 is 1.87 bits per heavy atom. The highest BCUT2D eigenvalue weighted by Gasteiger charge is 2.53. The maximum atomic E-state index is 14.2. The fraction of sp³-hybridized carbons (Fsp3) is 0.276. The van der Waals surface area contributed by atoms with Crippen LogP contribution in [0.1, 0.15) is 42.5 Å². The zero-order valence-corrected chi connectivity index (χ0v) is 21.8. The summed E-state index contributed by atoms with van der Waals surface area (Å²) in [7, 11) is 1.54. The van der Waals surface area contributed by atoms with E-state index in [0.717, 1.165) is 24.1 Å². The Bertz CT molecular complexity index is 1390. The molecular weight excluding hydrogens is 506 g/mol. The fourth-order valence-corrected chi connectivity index (χ4v) is 4.92. The molecule has 1 amide bonds. The molecule has 2 atom stereocenters. The fourth-order valence-electron chi connectivity index (χ4n) is 4.80.